The fourth-order valence-corrected chi connectivity index (χ4v) is 3.76. The number of unbranched alkanes of at least 4 members (excludes halogenated alkanes) is 4. The van der Waals surface area contributed by atoms with Crippen LogP contribution >= 0.6 is 15.4 Å². The van der Waals surface area contributed by atoms with Gasteiger partial charge in [-0.25, -0.2) is 4.57 Å². The van der Waals surface area contributed by atoms with E-state index in [1.165, 1.54) is 6.66 Å². The van der Waals surface area contributed by atoms with Gasteiger partial charge in [0.2, 0.25) is 0 Å². The van der Waals surface area contributed by atoms with E-state index < -0.39 is 27.5 Å². The molecule has 0 heterocycles. The van der Waals surface area contributed by atoms with Gasteiger partial charge in [-0.2, -0.15) is 18.4 Å². The van der Waals surface area contributed by atoms with E-state index in [9.17, 15) is 32.0 Å². The van der Waals surface area contributed by atoms with Crippen LogP contribution in [0.2, 0.25) is 0 Å². The number of phosphoric acid groups is 1. The van der Waals surface area contributed by atoms with Crippen LogP contribution in [-0.2, 0) is 32.0 Å². The molecule has 0 aromatic rings. The van der Waals surface area contributed by atoms with Gasteiger partial charge >= 0.3 is 27.5 Å². The predicted molar refractivity (Wildman–Crippen MR) is 104 cm³/mol. The van der Waals surface area contributed by atoms with E-state index in [0.29, 0.717) is 32.1 Å². The van der Waals surface area contributed by atoms with Crippen LogP contribution in [0.1, 0.15) is 44.9 Å². The molecule has 0 rings (SSSR count). The minimum absolute atomic E-state index is 0.0139. The molecule has 0 aliphatic carbocycles. The van der Waals surface area contributed by atoms with Crippen molar-refractivity contribution in [3.63, 3.8) is 0 Å². The summed E-state index contributed by atoms with van der Waals surface area (Å²) in [6.45, 7) is 1.14. The second-order valence-electron chi connectivity index (χ2n) is 6.36. The smallest absolute Gasteiger partial charge is 0.348 e. The Balaban J connectivity index is 3.66. The van der Waals surface area contributed by atoms with Crippen molar-refractivity contribution in [1.29, 1.82) is 5.26 Å². The summed E-state index contributed by atoms with van der Waals surface area (Å²) in [5.74, 6) is -2.00. The monoisotopic (exact) mass is 496 g/mol. The molecule has 0 fully saturated rings. The van der Waals surface area contributed by atoms with Gasteiger partial charge in [-0.3, -0.25) is 18.4 Å². The number of nitrogens with one attached hydrogen (secondary N) is 1. The lowest BCUT2D eigenvalue weighted by molar-refractivity contribution is -0.173. The molecule has 2 N–H and O–H groups in total. The first-order chi connectivity index (χ1) is 14.4. The topological polar surface area (TPSA) is 144 Å². The highest BCUT2D eigenvalue weighted by atomic mass is 31.2. The predicted octanol–water partition coefficient (Wildman–Crippen LogP) is 3.91. The Bertz CT molecular complexity index is 658. The van der Waals surface area contributed by atoms with Gasteiger partial charge in [0.1, 0.15) is 0 Å². The second-order valence-corrected chi connectivity index (χ2v) is 9.87. The fraction of sp³-hybridized carbons (Fsp3) is 0.875. The fourth-order valence-electron chi connectivity index (χ4n) is 2.01. The van der Waals surface area contributed by atoms with Crippen molar-refractivity contribution in [3.05, 3.63) is 0 Å². The lowest BCUT2D eigenvalue weighted by Gasteiger charge is -2.14. The van der Waals surface area contributed by atoms with Crippen LogP contribution in [0.5, 0.6) is 0 Å². The Morgan fingerprint density at radius 3 is 1.94 bits per heavy atom. The molecule has 0 saturated carbocycles. The minimum atomic E-state index is -4.91. The number of nitrogens with zero attached hydrogens (tertiary/aromatic N) is 1. The van der Waals surface area contributed by atoms with Crippen LogP contribution in [0.25, 0.3) is 0 Å². The molecule has 31 heavy (non-hydrogen) atoms. The molecule has 0 spiro atoms. The van der Waals surface area contributed by atoms with Crippen molar-refractivity contribution >= 4 is 21.3 Å². The van der Waals surface area contributed by atoms with Gasteiger partial charge in [0.15, 0.2) is 0 Å². The first-order valence-electron chi connectivity index (χ1n) is 9.60. The van der Waals surface area contributed by atoms with Crippen molar-refractivity contribution in [2.75, 3.05) is 39.6 Å². The number of phosphoric ester groups is 1. The Labute approximate surface area is 179 Å². The zero-order chi connectivity index (χ0) is 23.8. The van der Waals surface area contributed by atoms with E-state index >= 15 is 0 Å². The highest BCUT2D eigenvalue weighted by Gasteiger charge is 2.38. The average molecular weight is 496 g/mol. The molecule has 1 amide bonds. The molecule has 2 unspecified atom stereocenters. The van der Waals surface area contributed by atoms with E-state index in [1.54, 1.807) is 11.4 Å². The molecule has 0 aliphatic heterocycles. The summed E-state index contributed by atoms with van der Waals surface area (Å²) >= 11 is 0. The summed E-state index contributed by atoms with van der Waals surface area (Å²) < 4.78 is 79.0. The van der Waals surface area contributed by atoms with Crippen molar-refractivity contribution in [1.82, 2.24) is 5.32 Å². The molecule has 182 valence electrons. The Kier molecular flexibility index (Phi) is 15.3. The summed E-state index contributed by atoms with van der Waals surface area (Å²) in [5, 5.41) is 10.0. The van der Waals surface area contributed by atoms with Crippen molar-refractivity contribution in [3.8, 4) is 6.07 Å². The van der Waals surface area contributed by atoms with Gasteiger partial charge in [0.25, 0.3) is 0 Å². The molecule has 0 bridgehead atoms. The van der Waals surface area contributed by atoms with E-state index in [0.717, 1.165) is 0 Å². The summed E-state index contributed by atoms with van der Waals surface area (Å²) in [5.41, 5.74) is 0. The van der Waals surface area contributed by atoms with Crippen LogP contribution in [0.4, 0.5) is 13.2 Å². The van der Waals surface area contributed by atoms with Crippen LogP contribution in [0.15, 0.2) is 0 Å². The zero-order valence-electron chi connectivity index (χ0n) is 17.3. The molecule has 10 nitrogen and oxygen atoms in total. The maximum absolute atomic E-state index is 12.1. The molecular formula is C16H29F3N2O8P2. The lowest BCUT2D eigenvalue weighted by atomic mass is 10.2. The van der Waals surface area contributed by atoms with E-state index in [2.05, 4.69) is 4.52 Å². The van der Waals surface area contributed by atoms with Crippen LogP contribution in [0, 0.1) is 11.3 Å². The quantitative estimate of drug-likeness (QED) is 0.213. The van der Waals surface area contributed by atoms with Gasteiger partial charge in [-0.15, -0.1) is 0 Å². The molecule has 15 heteroatoms. The molecule has 0 aliphatic rings. The highest BCUT2D eigenvalue weighted by Crippen LogP contribution is 2.44. The van der Waals surface area contributed by atoms with Crippen LogP contribution in [0.3, 0.4) is 0 Å². The van der Waals surface area contributed by atoms with E-state index in [-0.39, 0.29) is 45.8 Å². The van der Waals surface area contributed by atoms with Crippen molar-refractivity contribution in [2.24, 2.45) is 0 Å². The number of carbonyl (C=O) groups is 1. The SMILES string of the molecule is CP(=O)(OCCCCCCOP(=O)(O)OCCC#N)OCCCCNC(=O)C(F)(F)F. The average Bonchev–Trinajstić information content (AvgIpc) is 2.65. The number of hydrogen-bond donors (Lipinski definition) is 2. The molecule has 0 saturated heterocycles. The molecule has 2 atom stereocenters. The number of halogens is 3. The van der Waals surface area contributed by atoms with Gasteiger partial charge < -0.3 is 19.3 Å². The normalized spacial score (nSPS) is 15.6. The second kappa shape index (κ2) is 15.8. The molecular weight excluding hydrogens is 467 g/mol. The largest absolute Gasteiger partial charge is 0.472 e. The zero-order valence-corrected chi connectivity index (χ0v) is 19.1. The highest BCUT2D eigenvalue weighted by molar-refractivity contribution is 7.52. The van der Waals surface area contributed by atoms with Gasteiger partial charge in [0, 0.05) is 13.2 Å². The first kappa shape index (κ1) is 30.0. The molecule has 0 radical (unpaired) electrons. The first-order valence-corrected chi connectivity index (χ1v) is 13.1. The van der Waals surface area contributed by atoms with Crippen LogP contribution < -0.4 is 5.32 Å². The Morgan fingerprint density at radius 1 is 0.935 bits per heavy atom. The Hall–Kier alpha value is -0.990. The summed E-state index contributed by atoms with van der Waals surface area (Å²) in [7, 11) is -7.42. The summed E-state index contributed by atoms with van der Waals surface area (Å²) in [4.78, 5) is 19.9. The maximum Gasteiger partial charge on any atom is 0.472 e. The van der Waals surface area contributed by atoms with Crippen molar-refractivity contribution < 1.29 is 50.1 Å². The molecule has 0 aromatic carbocycles. The van der Waals surface area contributed by atoms with Gasteiger partial charge in [0.05, 0.1) is 38.9 Å². The summed E-state index contributed by atoms with van der Waals surface area (Å²) in [6, 6.07) is 1.77. The number of alkyl halides is 3. The summed E-state index contributed by atoms with van der Waals surface area (Å²) in [6.07, 6.45) is -1.98. The van der Waals surface area contributed by atoms with Gasteiger partial charge in [-0.05, 0) is 25.7 Å². The number of rotatable bonds is 18. The Morgan fingerprint density at radius 2 is 1.42 bits per heavy atom. The standard InChI is InChI=1S/C16H29F3N2O8P2/c1-30(23,27-12-7-4-10-21-15(22)16(17,18)19)26-11-5-2-3-6-13-28-31(24,25)29-14-8-9-20/h2-8,10-14H2,1H3,(H,21,22)(H,24,25). The maximum atomic E-state index is 12.1. The number of nitriles is 1. The van der Waals surface area contributed by atoms with Crippen LogP contribution in [-0.4, -0.2) is 56.6 Å². The van der Waals surface area contributed by atoms with E-state index in [4.69, 9.17) is 18.8 Å². The van der Waals surface area contributed by atoms with Gasteiger partial charge in [-0.1, -0.05) is 12.8 Å². The third-order valence-electron chi connectivity index (χ3n) is 3.53. The number of carbonyl (C=O) groups excluding carboxylic acids is 1. The minimum Gasteiger partial charge on any atom is -0.348 e. The third kappa shape index (κ3) is 18.3. The third-order valence-corrected chi connectivity index (χ3v) is 5.85. The number of amides is 1. The lowest BCUT2D eigenvalue weighted by Crippen LogP contribution is -2.37. The van der Waals surface area contributed by atoms with E-state index in [1.807, 2.05) is 0 Å². The number of hydrogen-bond acceptors (Lipinski definition) is 8. The van der Waals surface area contributed by atoms with Crippen molar-refractivity contribution in [2.45, 2.75) is 51.1 Å². The molecule has 0 aromatic heterocycles.